The van der Waals surface area contributed by atoms with Gasteiger partial charge in [0.15, 0.2) is 11.5 Å². The first-order valence-electron chi connectivity index (χ1n) is 8.90. The number of ether oxygens (including phenoxy) is 1. The summed E-state index contributed by atoms with van der Waals surface area (Å²) in [5.41, 5.74) is 3.95. The summed E-state index contributed by atoms with van der Waals surface area (Å²) in [5.74, 6) is 1.45. The molecule has 0 aliphatic rings. The van der Waals surface area contributed by atoms with Crippen molar-refractivity contribution < 1.29 is 14.1 Å². The van der Waals surface area contributed by atoms with Crippen LogP contribution in [0.1, 0.15) is 45.6 Å². The lowest BCUT2D eigenvalue weighted by atomic mass is 10.1. The molecule has 3 rings (SSSR count). The molecule has 1 N–H and O–H groups in total. The SMILES string of the molecule is CCn1nc(NC(=O)c2noc(C)c2COc2cc(C)ccc2C)cc1C. The zero-order valence-electron chi connectivity index (χ0n) is 16.3. The number of benzene rings is 1. The zero-order valence-corrected chi connectivity index (χ0v) is 16.3. The van der Waals surface area contributed by atoms with Gasteiger partial charge in [-0.15, -0.1) is 0 Å². The van der Waals surface area contributed by atoms with E-state index in [1.165, 1.54) is 0 Å². The number of carbonyl (C=O) groups is 1. The van der Waals surface area contributed by atoms with Crippen LogP contribution in [0, 0.1) is 27.7 Å². The second kappa shape index (κ2) is 7.65. The maximum absolute atomic E-state index is 12.7. The van der Waals surface area contributed by atoms with Crippen LogP contribution in [0.4, 0.5) is 5.82 Å². The molecule has 0 fully saturated rings. The van der Waals surface area contributed by atoms with Gasteiger partial charge in [-0.05, 0) is 51.8 Å². The van der Waals surface area contributed by atoms with Gasteiger partial charge in [0.25, 0.3) is 5.91 Å². The molecule has 0 aliphatic carbocycles. The Hall–Kier alpha value is -3.09. The van der Waals surface area contributed by atoms with Gasteiger partial charge in [0.1, 0.15) is 18.1 Å². The minimum atomic E-state index is -0.368. The maximum atomic E-state index is 12.7. The van der Waals surface area contributed by atoms with Crippen molar-refractivity contribution >= 4 is 11.7 Å². The van der Waals surface area contributed by atoms with E-state index in [1.807, 2.05) is 56.6 Å². The fourth-order valence-electron chi connectivity index (χ4n) is 2.82. The first-order valence-corrected chi connectivity index (χ1v) is 8.90. The number of nitrogens with one attached hydrogen (secondary N) is 1. The summed E-state index contributed by atoms with van der Waals surface area (Å²) in [4.78, 5) is 12.7. The molecule has 0 unspecified atom stereocenters. The molecule has 0 aliphatic heterocycles. The number of hydrogen-bond acceptors (Lipinski definition) is 5. The molecule has 1 aromatic carbocycles. The summed E-state index contributed by atoms with van der Waals surface area (Å²) in [5, 5.41) is 11.0. The Morgan fingerprint density at radius 3 is 2.70 bits per heavy atom. The van der Waals surface area contributed by atoms with Crippen molar-refractivity contribution in [2.45, 2.75) is 47.8 Å². The van der Waals surface area contributed by atoms with Crippen LogP contribution >= 0.6 is 0 Å². The quantitative estimate of drug-likeness (QED) is 0.712. The third-order valence-electron chi connectivity index (χ3n) is 4.44. The highest BCUT2D eigenvalue weighted by atomic mass is 16.5. The minimum absolute atomic E-state index is 0.199. The second-order valence-corrected chi connectivity index (χ2v) is 6.56. The van der Waals surface area contributed by atoms with E-state index in [2.05, 4.69) is 15.6 Å². The van der Waals surface area contributed by atoms with Crippen molar-refractivity contribution in [1.82, 2.24) is 14.9 Å². The molecule has 0 saturated heterocycles. The fourth-order valence-corrected chi connectivity index (χ4v) is 2.82. The average Bonchev–Trinajstić information content (AvgIpc) is 3.17. The van der Waals surface area contributed by atoms with Crippen LogP contribution in [0.15, 0.2) is 28.8 Å². The minimum Gasteiger partial charge on any atom is -0.488 e. The van der Waals surface area contributed by atoms with Gasteiger partial charge >= 0.3 is 0 Å². The van der Waals surface area contributed by atoms with Crippen molar-refractivity contribution in [2.24, 2.45) is 0 Å². The number of amides is 1. The van der Waals surface area contributed by atoms with Crippen LogP contribution < -0.4 is 10.1 Å². The van der Waals surface area contributed by atoms with E-state index in [-0.39, 0.29) is 18.2 Å². The highest BCUT2D eigenvalue weighted by Gasteiger charge is 2.21. The molecule has 142 valence electrons. The van der Waals surface area contributed by atoms with E-state index in [0.717, 1.165) is 29.1 Å². The highest BCUT2D eigenvalue weighted by Crippen LogP contribution is 2.23. The lowest BCUT2D eigenvalue weighted by Gasteiger charge is -2.10. The molecule has 0 saturated carbocycles. The zero-order chi connectivity index (χ0) is 19.6. The van der Waals surface area contributed by atoms with Crippen molar-refractivity contribution in [3.63, 3.8) is 0 Å². The predicted octanol–water partition coefficient (Wildman–Crippen LogP) is 3.96. The van der Waals surface area contributed by atoms with Crippen LogP contribution in [0.25, 0.3) is 0 Å². The van der Waals surface area contributed by atoms with Gasteiger partial charge < -0.3 is 14.6 Å². The van der Waals surface area contributed by atoms with Gasteiger partial charge in [0.2, 0.25) is 0 Å². The molecule has 0 spiro atoms. The average molecular weight is 368 g/mol. The molecule has 7 heteroatoms. The Labute approximate surface area is 158 Å². The summed E-state index contributed by atoms with van der Waals surface area (Å²) in [7, 11) is 0. The second-order valence-electron chi connectivity index (χ2n) is 6.56. The predicted molar refractivity (Wildman–Crippen MR) is 102 cm³/mol. The van der Waals surface area contributed by atoms with Crippen LogP contribution in [0.2, 0.25) is 0 Å². The van der Waals surface area contributed by atoms with E-state index >= 15 is 0 Å². The summed E-state index contributed by atoms with van der Waals surface area (Å²) < 4.78 is 13.0. The first kappa shape index (κ1) is 18.7. The van der Waals surface area contributed by atoms with Crippen LogP contribution in [-0.2, 0) is 13.2 Å². The molecular formula is C20H24N4O3. The number of anilines is 1. The summed E-state index contributed by atoms with van der Waals surface area (Å²) in [6.45, 7) is 10.6. The maximum Gasteiger partial charge on any atom is 0.279 e. The smallest absolute Gasteiger partial charge is 0.279 e. The Morgan fingerprint density at radius 1 is 1.22 bits per heavy atom. The van der Waals surface area contributed by atoms with E-state index in [0.29, 0.717) is 17.1 Å². The fraction of sp³-hybridized carbons (Fsp3) is 0.350. The van der Waals surface area contributed by atoms with Gasteiger partial charge in [0, 0.05) is 18.3 Å². The molecular weight excluding hydrogens is 344 g/mol. The van der Waals surface area contributed by atoms with E-state index in [9.17, 15) is 4.79 Å². The van der Waals surface area contributed by atoms with Gasteiger partial charge in [-0.25, -0.2) is 0 Å². The number of aryl methyl sites for hydroxylation is 5. The molecule has 27 heavy (non-hydrogen) atoms. The molecule has 0 radical (unpaired) electrons. The number of aromatic nitrogens is 3. The standard InChI is InChI=1S/C20H24N4O3/c1-6-24-14(4)10-18(22-24)21-20(25)19-16(15(5)27-23-19)11-26-17-9-12(2)7-8-13(17)3/h7-10H,6,11H2,1-5H3,(H,21,22,25). The Balaban J connectivity index is 1.77. The summed E-state index contributed by atoms with van der Waals surface area (Å²) >= 11 is 0. The number of carbonyl (C=O) groups excluding carboxylic acids is 1. The normalized spacial score (nSPS) is 10.9. The Morgan fingerprint density at radius 2 is 2.00 bits per heavy atom. The van der Waals surface area contributed by atoms with Crippen LogP contribution in [0.5, 0.6) is 5.75 Å². The molecule has 2 aromatic heterocycles. The highest BCUT2D eigenvalue weighted by molar-refractivity contribution is 6.03. The lowest BCUT2D eigenvalue weighted by Crippen LogP contribution is -2.16. The largest absolute Gasteiger partial charge is 0.488 e. The van der Waals surface area contributed by atoms with Crippen LogP contribution in [-0.4, -0.2) is 20.8 Å². The molecule has 0 atom stereocenters. The Bertz CT molecular complexity index is 972. The van der Waals surface area contributed by atoms with Crippen molar-refractivity contribution in [1.29, 1.82) is 0 Å². The van der Waals surface area contributed by atoms with Crippen molar-refractivity contribution in [3.05, 3.63) is 58.1 Å². The van der Waals surface area contributed by atoms with Gasteiger partial charge in [-0.1, -0.05) is 17.3 Å². The first-order chi connectivity index (χ1) is 12.9. The molecule has 1 amide bonds. The third kappa shape index (κ3) is 4.02. The molecule has 7 nitrogen and oxygen atoms in total. The van der Waals surface area contributed by atoms with E-state index in [1.54, 1.807) is 6.92 Å². The molecule has 3 aromatic rings. The monoisotopic (exact) mass is 368 g/mol. The molecule has 2 heterocycles. The number of nitrogens with zero attached hydrogens (tertiary/aromatic N) is 3. The molecule has 0 bridgehead atoms. The topological polar surface area (TPSA) is 82.2 Å². The number of hydrogen-bond donors (Lipinski definition) is 1. The van der Waals surface area contributed by atoms with Crippen molar-refractivity contribution in [3.8, 4) is 5.75 Å². The third-order valence-corrected chi connectivity index (χ3v) is 4.44. The lowest BCUT2D eigenvalue weighted by molar-refractivity contribution is 0.101. The summed E-state index contributed by atoms with van der Waals surface area (Å²) in [6.07, 6.45) is 0. The van der Waals surface area contributed by atoms with Crippen molar-refractivity contribution in [2.75, 3.05) is 5.32 Å². The van der Waals surface area contributed by atoms with Gasteiger partial charge in [-0.3, -0.25) is 9.48 Å². The van der Waals surface area contributed by atoms with Gasteiger partial charge in [0.05, 0.1) is 5.56 Å². The van der Waals surface area contributed by atoms with Gasteiger partial charge in [-0.2, -0.15) is 5.10 Å². The summed E-state index contributed by atoms with van der Waals surface area (Å²) in [6, 6.07) is 7.83. The Kier molecular flexibility index (Phi) is 5.30. The van der Waals surface area contributed by atoms with Crippen LogP contribution in [0.3, 0.4) is 0 Å². The van der Waals surface area contributed by atoms with E-state index in [4.69, 9.17) is 9.26 Å². The number of rotatable bonds is 6. The van der Waals surface area contributed by atoms with E-state index < -0.39 is 0 Å².